The fraction of sp³-hybridized carbons (Fsp3) is 0.304. The SMILES string of the molecule is CSCCC(N)C(=O)Oc1ccc2c(=O)c(-c3ccc4c(c3)OCCO4)c(C(F)(F)F)oc2c1. The maximum absolute atomic E-state index is 13.9. The molecule has 7 nitrogen and oxygen atoms in total. The van der Waals surface area contributed by atoms with Gasteiger partial charge in [0.25, 0.3) is 0 Å². The lowest BCUT2D eigenvalue weighted by molar-refractivity contribution is -0.152. The van der Waals surface area contributed by atoms with E-state index in [1.807, 2.05) is 6.26 Å². The van der Waals surface area contributed by atoms with Crippen LogP contribution in [0, 0.1) is 0 Å². The molecule has 1 aromatic heterocycles. The summed E-state index contributed by atoms with van der Waals surface area (Å²) < 4.78 is 62.9. The molecule has 1 aliphatic rings. The van der Waals surface area contributed by atoms with E-state index in [1.165, 1.54) is 42.1 Å². The molecule has 0 radical (unpaired) electrons. The van der Waals surface area contributed by atoms with Crippen LogP contribution in [0.3, 0.4) is 0 Å². The molecule has 0 saturated heterocycles. The molecule has 4 rings (SSSR count). The third kappa shape index (κ3) is 4.85. The third-order valence-electron chi connectivity index (χ3n) is 5.11. The van der Waals surface area contributed by atoms with Crippen LogP contribution < -0.4 is 25.4 Å². The number of hydrogen-bond donors (Lipinski definition) is 1. The molecule has 2 heterocycles. The Morgan fingerprint density at radius 3 is 2.59 bits per heavy atom. The van der Waals surface area contributed by atoms with Crippen molar-refractivity contribution in [3.63, 3.8) is 0 Å². The fourth-order valence-electron chi connectivity index (χ4n) is 3.45. The van der Waals surface area contributed by atoms with Crippen molar-refractivity contribution >= 4 is 28.7 Å². The molecule has 0 saturated carbocycles. The molecule has 0 fully saturated rings. The summed E-state index contributed by atoms with van der Waals surface area (Å²) in [5.41, 5.74) is 3.83. The van der Waals surface area contributed by atoms with Gasteiger partial charge in [-0.1, -0.05) is 6.07 Å². The quantitative estimate of drug-likeness (QED) is 0.401. The molecule has 2 aromatic carbocycles. The van der Waals surface area contributed by atoms with Crippen molar-refractivity contribution in [2.45, 2.75) is 18.6 Å². The second-order valence-electron chi connectivity index (χ2n) is 7.46. The molecule has 2 N–H and O–H groups in total. The van der Waals surface area contributed by atoms with Crippen LogP contribution in [0.15, 0.2) is 45.6 Å². The van der Waals surface area contributed by atoms with Gasteiger partial charge in [-0.2, -0.15) is 24.9 Å². The number of carbonyl (C=O) groups excluding carboxylic acids is 1. The normalized spacial score (nSPS) is 14.1. The summed E-state index contributed by atoms with van der Waals surface area (Å²) in [5, 5.41) is -0.107. The monoisotopic (exact) mass is 495 g/mol. The molecule has 1 unspecified atom stereocenters. The van der Waals surface area contributed by atoms with E-state index in [1.54, 1.807) is 0 Å². The standard InChI is InChI=1S/C23H20F3NO6S/c1-34-9-6-15(27)22(29)32-13-3-4-14-17(11-13)33-21(23(24,25)26)19(20(14)28)12-2-5-16-18(10-12)31-8-7-30-16/h2-5,10-11,15H,6-9,27H2,1H3. The van der Waals surface area contributed by atoms with Gasteiger partial charge in [-0.3, -0.25) is 4.79 Å². The number of hydrogen-bond acceptors (Lipinski definition) is 8. The van der Waals surface area contributed by atoms with Crippen LogP contribution in [-0.2, 0) is 11.0 Å². The van der Waals surface area contributed by atoms with Gasteiger partial charge >= 0.3 is 12.1 Å². The van der Waals surface area contributed by atoms with Crippen molar-refractivity contribution < 1.29 is 36.6 Å². The minimum absolute atomic E-state index is 0.0255. The Kier molecular flexibility index (Phi) is 6.76. The van der Waals surface area contributed by atoms with Crippen LogP contribution in [-0.4, -0.2) is 37.2 Å². The van der Waals surface area contributed by atoms with E-state index in [0.717, 1.165) is 6.07 Å². The smallest absolute Gasteiger partial charge is 0.450 e. The number of alkyl halides is 3. The Labute approximate surface area is 196 Å². The van der Waals surface area contributed by atoms with Gasteiger partial charge in [0.15, 0.2) is 11.5 Å². The molecule has 0 bridgehead atoms. The number of thioether (sulfide) groups is 1. The summed E-state index contributed by atoms with van der Waals surface area (Å²) in [7, 11) is 0. The third-order valence-corrected chi connectivity index (χ3v) is 5.75. The predicted octanol–water partition coefficient (Wildman–Crippen LogP) is 4.24. The Hall–Kier alpha value is -3.18. The lowest BCUT2D eigenvalue weighted by Crippen LogP contribution is -2.34. The van der Waals surface area contributed by atoms with Gasteiger partial charge in [0, 0.05) is 6.07 Å². The van der Waals surface area contributed by atoms with Crippen LogP contribution in [0.2, 0.25) is 0 Å². The molecule has 0 aliphatic carbocycles. The number of ether oxygens (including phenoxy) is 3. The average molecular weight is 495 g/mol. The van der Waals surface area contributed by atoms with Gasteiger partial charge in [-0.05, 0) is 48.3 Å². The molecule has 1 atom stereocenters. The van der Waals surface area contributed by atoms with E-state index >= 15 is 0 Å². The van der Waals surface area contributed by atoms with Crippen molar-refractivity contribution in [2.75, 3.05) is 25.2 Å². The Bertz CT molecular complexity index is 1290. The van der Waals surface area contributed by atoms with E-state index in [2.05, 4.69) is 0 Å². The minimum atomic E-state index is -4.97. The number of benzene rings is 2. The molecular weight excluding hydrogens is 475 g/mol. The lowest BCUT2D eigenvalue weighted by Gasteiger charge is -2.19. The molecule has 3 aromatic rings. The van der Waals surface area contributed by atoms with Crippen molar-refractivity contribution in [1.82, 2.24) is 0 Å². The van der Waals surface area contributed by atoms with Gasteiger partial charge in [-0.15, -0.1) is 0 Å². The lowest BCUT2D eigenvalue weighted by atomic mass is 10.0. The van der Waals surface area contributed by atoms with Crippen LogP contribution in [0.1, 0.15) is 12.2 Å². The first-order chi connectivity index (χ1) is 16.2. The molecule has 0 spiro atoms. The van der Waals surface area contributed by atoms with Crippen LogP contribution in [0.25, 0.3) is 22.1 Å². The number of halogens is 3. The highest BCUT2D eigenvalue weighted by atomic mass is 32.2. The maximum Gasteiger partial charge on any atom is 0.450 e. The minimum Gasteiger partial charge on any atom is -0.486 e. The Balaban J connectivity index is 1.78. The summed E-state index contributed by atoms with van der Waals surface area (Å²) in [6, 6.07) is 6.83. The van der Waals surface area contributed by atoms with Crippen molar-refractivity contribution in [2.24, 2.45) is 5.73 Å². The fourth-order valence-corrected chi connectivity index (χ4v) is 3.94. The van der Waals surface area contributed by atoms with Gasteiger partial charge < -0.3 is 24.4 Å². The molecule has 0 amide bonds. The van der Waals surface area contributed by atoms with E-state index in [4.69, 9.17) is 24.4 Å². The molecule has 34 heavy (non-hydrogen) atoms. The van der Waals surface area contributed by atoms with Gasteiger partial charge in [0.1, 0.15) is 30.6 Å². The number of carbonyl (C=O) groups is 1. The molecular formula is C23H20F3NO6S. The molecule has 11 heteroatoms. The number of rotatable bonds is 6. The first-order valence-electron chi connectivity index (χ1n) is 10.2. The second-order valence-corrected chi connectivity index (χ2v) is 8.44. The van der Waals surface area contributed by atoms with E-state index in [-0.39, 0.29) is 34.6 Å². The number of nitrogens with two attached hydrogens (primary N) is 1. The molecule has 1 aliphatic heterocycles. The highest BCUT2D eigenvalue weighted by Gasteiger charge is 2.39. The summed E-state index contributed by atoms with van der Waals surface area (Å²) in [5.74, 6) is -1.05. The van der Waals surface area contributed by atoms with E-state index < -0.39 is 34.9 Å². The highest BCUT2D eigenvalue weighted by Crippen LogP contribution is 2.40. The number of fused-ring (bicyclic) bond motifs is 2. The predicted molar refractivity (Wildman–Crippen MR) is 121 cm³/mol. The van der Waals surface area contributed by atoms with Crippen LogP contribution in [0.4, 0.5) is 13.2 Å². The van der Waals surface area contributed by atoms with Gasteiger partial charge in [0.05, 0.1) is 10.9 Å². The summed E-state index contributed by atoms with van der Waals surface area (Å²) in [6.07, 6.45) is -2.73. The maximum atomic E-state index is 13.9. The summed E-state index contributed by atoms with van der Waals surface area (Å²) in [4.78, 5) is 25.3. The zero-order valence-corrected chi connectivity index (χ0v) is 18.8. The zero-order valence-electron chi connectivity index (χ0n) is 17.9. The molecule has 180 valence electrons. The zero-order chi connectivity index (χ0) is 24.5. The average Bonchev–Trinajstić information content (AvgIpc) is 2.81. The Morgan fingerprint density at radius 1 is 1.15 bits per heavy atom. The van der Waals surface area contributed by atoms with Crippen LogP contribution >= 0.6 is 11.8 Å². The van der Waals surface area contributed by atoms with Crippen molar-refractivity contribution in [1.29, 1.82) is 0 Å². The largest absolute Gasteiger partial charge is 0.486 e. The van der Waals surface area contributed by atoms with E-state index in [0.29, 0.717) is 24.5 Å². The second kappa shape index (κ2) is 9.59. The van der Waals surface area contributed by atoms with Crippen LogP contribution in [0.5, 0.6) is 17.2 Å². The van der Waals surface area contributed by atoms with E-state index in [9.17, 15) is 22.8 Å². The first kappa shape index (κ1) is 24.0. The topological polar surface area (TPSA) is 101 Å². The Morgan fingerprint density at radius 2 is 1.88 bits per heavy atom. The van der Waals surface area contributed by atoms with Gasteiger partial charge in [0.2, 0.25) is 11.2 Å². The summed E-state index contributed by atoms with van der Waals surface area (Å²) in [6.45, 7) is 0.547. The summed E-state index contributed by atoms with van der Waals surface area (Å²) >= 11 is 1.51. The van der Waals surface area contributed by atoms with Gasteiger partial charge in [-0.25, -0.2) is 4.79 Å². The highest BCUT2D eigenvalue weighted by molar-refractivity contribution is 7.98. The van der Waals surface area contributed by atoms with Crippen molar-refractivity contribution in [3.8, 4) is 28.4 Å². The van der Waals surface area contributed by atoms with Crippen molar-refractivity contribution in [3.05, 3.63) is 52.4 Å². The number of esters is 1. The first-order valence-corrected chi connectivity index (χ1v) is 11.6.